The summed E-state index contributed by atoms with van der Waals surface area (Å²) >= 11 is 11.6. The molecule has 2 aromatic rings. The predicted molar refractivity (Wildman–Crippen MR) is 112 cm³/mol. The fraction of sp³-hybridized carbons (Fsp3) is 0.200. The summed E-state index contributed by atoms with van der Waals surface area (Å²) in [6.07, 6.45) is 2.49. The molecular formula is C20H19ClN2O3S. The van der Waals surface area contributed by atoms with Crippen LogP contribution in [0.15, 0.2) is 42.1 Å². The van der Waals surface area contributed by atoms with Gasteiger partial charge in [0.2, 0.25) is 0 Å². The van der Waals surface area contributed by atoms with Gasteiger partial charge in [-0.1, -0.05) is 36.7 Å². The zero-order valence-corrected chi connectivity index (χ0v) is 16.8. The number of thiocarbonyl (C=S) groups is 1. The van der Waals surface area contributed by atoms with Crippen LogP contribution in [0.2, 0.25) is 5.02 Å². The van der Waals surface area contributed by atoms with Crippen molar-refractivity contribution in [3.8, 4) is 11.5 Å². The summed E-state index contributed by atoms with van der Waals surface area (Å²) in [5.74, 6) is 0.714. The number of hydrogen-bond acceptors (Lipinski definition) is 4. The minimum absolute atomic E-state index is 0.216. The monoisotopic (exact) mass is 402 g/mol. The Labute approximate surface area is 168 Å². The molecule has 1 amide bonds. The SMILES string of the molecule is CCc1ccccc1N1C(=O)/C(=C\c2cc(Cl)c(OC)c(OC)c2)NC1=S. The van der Waals surface area contributed by atoms with E-state index in [-0.39, 0.29) is 5.91 Å². The molecule has 0 unspecified atom stereocenters. The van der Waals surface area contributed by atoms with Crippen LogP contribution in [0.3, 0.4) is 0 Å². The number of ether oxygens (including phenoxy) is 2. The number of para-hydroxylation sites is 1. The summed E-state index contributed by atoms with van der Waals surface area (Å²) < 4.78 is 10.6. The topological polar surface area (TPSA) is 50.8 Å². The van der Waals surface area contributed by atoms with Crippen LogP contribution >= 0.6 is 23.8 Å². The van der Waals surface area contributed by atoms with E-state index < -0.39 is 0 Å². The number of amides is 1. The zero-order valence-electron chi connectivity index (χ0n) is 15.2. The molecule has 0 bridgehead atoms. The van der Waals surface area contributed by atoms with Crippen LogP contribution in [0.25, 0.3) is 6.08 Å². The van der Waals surface area contributed by atoms with Crippen molar-refractivity contribution < 1.29 is 14.3 Å². The van der Waals surface area contributed by atoms with Crippen molar-refractivity contribution in [2.75, 3.05) is 19.1 Å². The molecule has 1 aliphatic rings. The Bertz CT molecular complexity index is 943. The van der Waals surface area contributed by atoms with Gasteiger partial charge in [0.05, 0.1) is 24.9 Å². The number of methoxy groups -OCH3 is 2. The number of carbonyl (C=O) groups is 1. The maximum absolute atomic E-state index is 13.0. The highest BCUT2D eigenvalue weighted by atomic mass is 35.5. The van der Waals surface area contributed by atoms with Crippen LogP contribution in [0.5, 0.6) is 11.5 Å². The number of hydrogen-bond donors (Lipinski definition) is 1. The van der Waals surface area contributed by atoms with Gasteiger partial charge in [-0.2, -0.15) is 0 Å². The number of rotatable bonds is 5. The van der Waals surface area contributed by atoms with Crippen LogP contribution in [0.1, 0.15) is 18.1 Å². The summed E-state index contributed by atoms with van der Waals surface area (Å²) in [6, 6.07) is 11.2. The second kappa shape index (κ2) is 7.98. The van der Waals surface area contributed by atoms with E-state index in [0.717, 1.165) is 17.7 Å². The molecule has 0 aromatic heterocycles. The standard InChI is InChI=1S/C20H19ClN2O3S/c1-4-13-7-5-6-8-16(13)23-19(24)15(22-20(23)27)10-12-9-14(21)18(26-3)17(11-12)25-2/h5-11H,4H2,1-3H3,(H,22,27)/b15-10+. The van der Waals surface area contributed by atoms with E-state index >= 15 is 0 Å². The van der Waals surface area contributed by atoms with Crippen LogP contribution in [-0.4, -0.2) is 25.2 Å². The molecule has 5 nitrogen and oxygen atoms in total. The quantitative estimate of drug-likeness (QED) is 0.600. The minimum Gasteiger partial charge on any atom is -0.493 e. The van der Waals surface area contributed by atoms with Gasteiger partial charge >= 0.3 is 0 Å². The van der Waals surface area contributed by atoms with Gasteiger partial charge in [0.15, 0.2) is 16.6 Å². The number of carbonyl (C=O) groups excluding carboxylic acids is 1. The highest BCUT2D eigenvalue weighted by Crippen LogP contribution is 2.37. The normalized spacial score (nSPS) is 15.3. The second-order valence-electron chi connectivity index (χ2n) is 5.85. The average molecular weight is 403 g/mol. The summed E-state index contributed by atoms with van der Waals surface area (Å²) in [6.45, 7) is 2.04. The molecule has 1 N–H and O–H groups in total. The first-order valence-corrected chi connectivity index (χ1v) is 9.15. The predicted octanol–water partition coefficient (Wildman–Crippen LogP) is 4.18. The highest BCUT2D eigenvalue weighted by molar-refractivity contribution is 7.80. The van der Waals surface area contributed by atoms with Crippen molar-refractivity contribution in [2.24, 2.45) is 0 Å². The average Bonchev–Trinajstić information content (AvgIpc) is 2.94. The molecule has 0 radical (unpaired) electrons. The molecule has 1 saturated heterocycles. The lowest BCUT2D eigenvalue weighted by atomic mass is 10.1. The largest absolute Gasteiger partial charge is 0.493 e. The third-order valence-electron chi connectivity index (χ3n) is 4.26. The van der Waals surface area contributed by atoms with E-state index in [9.17, 15) is 4.79 Å². The Balaban J connectivity index is 1.99. The van der Waals surface area contributed by atoms with Gasteiger partial charge in [0.1, 0.15) is 5.70 Å². The van der Waals surface area contributed by atoms with Crippen molar-refractivity contribution in [3.05, 3.63) is 58.2 Å². The van der Waals surface area contributed by atoms with E-state index in [1.165, 1.54) is 19.1 Å². The first-order valence-electron chi connectivity index (χ1n) is 8.36. The van der Waals surface area contributed by atoms with Crippen LogP contribution in [0.4, 0.5) is 5.69 Å². The molecule has 7 heteroatoms. The second-order valence-corrected chi connectivity index (χ2v) is 6.64. The Morgan fingerprint density at radius 3 is 2.63 bits per heavy atom. The Kier molecular flexibility index (Phi) is 5.68. The molecule has 1 aliphatic heterocycles. The van der Waals surface area contributed by atoms with Gasteiger partial charge in [-0.25, -0.2) is 0 Å². The lowest BCUT2D eigenvalue weighted by Crippen LogP contribution is -2.31. The van der Waals surface area contributed by atoms with Crippen molar-refractivity contribution in [2.45, 2.75) is 13.3 Å². The lowest BCUT2D eigenvalue weighted by molar-refractivity contribution is -0.113. The molecule has 27 heavy (non-hydrogen) atoms. The van der Waals surface area contributed by atoms with Crippen LogP contribution in [-0.2, 0) is 11.2 Å². The van der Waals surface area contributed by atoms with Gasteiger partial charge < -0.3 is 14.8 Å². The Hall–Kier alpha value is -2.57. The minimum atomic E-state index is -0.216. The smallest absolute Gasteiger partial charge is 0.281 e. The summed E-state index contributed by atoms with van der Waals surface area (Å²) in [5, 5.41) is 3.73. The maximum Gasteiger partial charge on any atom is 0.281 e. The van der Waals surface area contributed by atoms with Gasteiger partial charge in [-0.15, -0.1) is 0 Å². The van der Waals surface area contributed by atoms with Crippen molar-refractivity contribution in [1.29, 1.82) is 0 Å². The number of nitrogens with zero attached hydrogens (tertiary/aromatic N) is 1. The molecule has 0 atom stereocenters. The first-order chi connectivity index (χ1) is 13.0. The molecule has 3 rings (SSSR count). The zero-order chi connectivity index (χ0) is 19.6. The summed E-state index contributed by atoms with van der Waals surface area (Å²) in [4.78, 5) is 14.5. The van der Waals surface area contributed by atoms with Crippen LogP contribution < -0.4 is 19.7 Å². The molecule has 1 heterocycles. The van der Waals surface area contributed by atoms with E-state index in [4.69, 9.17) is 33.3 Å². The Morgan fingerprint density at radius 1 is 1.22 bits per heavy atom. The molecule has 0 spiro atoms. The third kappa shape index (κ3) is 3.63. The molecule has 2 aromatic carbocycles. The molecule has 140 valence electrons. The van der Waals surface area contributed by atoms with E-state index in [2.05, 4.69) is 5.32 Å². The summed E-state index contributed by atoms with van der Waals surface area (Å²) in [7, 11) is 3.05. The van der Waals surface area contributed by atoms with Crippen molar-refractivity contribution in [3.63, 3.8) is 0 Å². The fourth-order valence-corrected chi connectivity index (χ4v) is 3.56. The number of anilines is 1. The first kappa shape index (κ1) is 19.2. The van der Waals surface area contributed by atoms with E-state index in [1.807, 2.05) is 31.2 Å². The third-order valence-corrected chi connectivity index (χ3v) is 4.82. The number of nitrogens with one attached hydrogen (secondary N) is 1. The van der Waals surface area contributed by atoms with Gasteiger partial charge in [-0.3, -0.25) is 9.69 Å². The van der Waals surface area contributed by atoms with Gasteiger partial charge in [-0.05, 0) is 54.0 Å². The van der Waals surface area contributed by atoms with Gasteiger partial charge in [0, 0.05) is 0 Å². The molecule has 0 saturated carbocycles. The Morgan fingerprint density at radius 2 is 1.96 bits per heavy atom. The van der Waals surface area contributed by atoms with Gasteiger partial charge in [0.25, 0.3) is 5.91 Å². The lowest BCUT2D eigenvalue weighted by Gasteiger charge is -2.17. The highest BCUT2D eigenvalue weighted by Gasteiger charge is 2.33. The molecular weight excluding hydrogens is 384 g/mol. The maximum atomic E-state index is 13.0. The summed E-state index contributed by atoms with van der Waals surface area (Å²) in [5.41, 5.74) is 2.90. The van der Waals surface area contributed by atoms with E-state index in [0.29, 0.717) is 32.9 Å². The number of halogens is 1. The van der Waals surface area contributed by atoms with Crippen molar-refractivity contribution in [1.82, 2.24) is 5.32 Å². The fourth-order valence-electron chi connectivity index (χ4n) is 2.97. The molecule has 0 aliphatic carbocycles. The number of aryl methyl sites for hydroxylation is 1. The van der Waals surface area contributed by atoms with E-state index in [1.54, 1.807) is 18.2 Å². The molecule has 1 fully saturated rings. The number of benzene rings is 2. The van der Waals surface area contributed by atoms with Crippen LogP contribution in [0, 0.1) is 0 Å². The van der Waals surface area contributed by atoms with Crippen molar-refractivity contribution >= 4 is 46.6 Å².